The Morgan fingerprint density at radius 2 is 1.94 bits per heavy atom. The van der Waals surface area contributed by atoms with E-state index in [0.29, 0.717) is 23.6 Å². The Bertz CT molecular complexity index is 1200. The minimum Gasteiger partial charge on any atom is -0.496 e. The van der Waals surface area contributed by atoms with E-state index in [1.807, 2.05) is 25.1 Å². The molecule has 0 spiro atoms. The summed E-state index contributed by atoms with van der Waals surface area (Å²) in [6, 6.07) is 10.2. The number of anilines is 1. The molecule has 1 N–H and O–H groups in total. The zero-order valence-electron chi connectivity index (χ0n) is 20.8. The molecule has 2 heterocycles. The van der Waals surface area contributed by atoms with Crippen molar-refractivity contribution in [3.63, 3.8) is 0 Å². The highest BCUT2D eigenvalue weighted by Gasteiger charge is 2.28. The molecule has 0 saturated heterocycles. The normalized spacial score (nSPS) is 13.1. The van der Waals surface area contributed by atoms with Crippen LogP contribution in [-0.2, 0) is 6.42 Å². The molecule has 2 aromatic carbocycles. The van der Waals surface area contributed by atoms with E-state index >= 15 is 0 Å². The first-order valence-corrected chi connectivity index (χ1v) is 11.8. The van der Waals surface area contributed by atoms with Gasteiger partial charge < -0.3 is 24.2 Å². The molecule has 4 rings (SSSR count). The van der Waals surface area contributed by atoms with Crippen LogP contribution in [0.2, 0.25) is 0 Å². The molecule has 7 heteroatoms. The zero-order valence-corrected chi connectivity index (χ0v) is 20.8. The molecule has 0 radical (unpaired) electrons. The van der Waals surface area contributed by atoms with Gasteiger partial charge in [0.1, 0.15) is 11.5 Å². The van der Waals surface area contributed by atoms with Crippen LogP contribution < -0.4 is 19.7 Å². The molecule has 0 fully saturated rings. The van der Waals surface area contributed by atoms with Gasteiger partial charge in [-0.05, 0) is 60.6 Å². The maximum Gasteiger partial charge on any atom is 0.274 e. The van der Waals surface area contributed by atoms with Crippen molar-refractivity contribution in [1.29, 1.82) is 0 Å². The number of rotatable bonds is 7. The standard InChI is InChI=1S/C27H33N3O4/c1-7-28-27(31)25-24(18-10-11-21-17(13-18)9-8-12-30(21)4)26(34-29-25)20-14-19(16(2)3)22(32-5)15-23(20)33-6/h10-11,13-16H,7-9,12H2,1-6H3,(H,28,31). The van der Waals surface area contributed by atoms with E-state index in [4.69, 9.17) is 14.0 Å². The number of carbonyl (C=O) groups is 1. The summed E-state index contributed by atoms with van der Waals surface area (Å²) in [4.78, 5) is 15.2. The minimum absolute atomic E-state index is 0.216. The van der Waals surface area contributed by atoms with Gasteiger partial charge in [-0.3, -0.25) is 4.79 Å². The van der Waals surface area contributed by atoms with Crippen molar-refractivity contribution in [3.05, 3.63) is 47.2 Å². The number of hydrogen-bond acceptors (Lipinski definition) is 6. The SMILES string of the molecule is CCNC(=O)c1noc(-c2cc(C(C)C)c(OC)cc2OC)c1-c1ccc2c(c1)CCCN2C. The van der Waals surface area contributed by atoms with Gasteiger partial charge in [0.25, 0.3) is 5.91 Å². The second kappa shape index (κ2) is 9.79. The molecule has 180 valence electrons. The van der Waals surface area contributed by atoms with Gasteiger partial charge in [-0.2, -0.15) is 0 Å². The molecule has 3 aromatic rings. The van der Waals surface area contributed by atoms with E-state index in [-0.39, 0.29) is 17.5 Å². The maximum absolute atomic E-state index is 13.0. The largest absolute Gasteiger partial charge is 0.496 e. The Balaban J connectivity index is 1.96. The van der Waals surface area contributed by atoms with Gasteiger partial charge in [-0.1, -0.05) is 25.1 Å². The first-order valence-electron chi connectivity index (χ1n) is 11.8. The van der Waals surface area contributed by atoms with Crippen molar-refractivity contribution >= 4 is 11.6 Å². The molecule has 34 heavy (non-hydrogen) atoms. The van der Waals surface area contributed by atoms with Gasteiger partial charge in [-0.25, -0.2) is 0 Å². The third-order valence-corrected chi connectivity index (χ3v) is 6.38. The Labute approximate surface area is 201 Å². The van der Waals surface area contributed by atoms with Gasteiger partial charge in [0.15, 0.2) is 11.5 Å². The molecule has 1 aliphatic rings. The first-order chi connectivity index (χ1) is 16.4. The lowest BCUT2D eigenvalue weighted by molar-refractivity contribution is 0.0947. The van der Waals surface area contributed by atoms with E-state index < -0.39 is 0 Å². The van der Waals surface area contributed by atoms with E-state index in [9.17, 15) is 4.79 Å². The summed E-state index contributed by atoms with van der Waals surface area (Å²) in [6.07, 6.45) is 2.09. The third kappa shape index (κ3) is 4.22. The quantitative estimate of drug-likeness (QED) is 0.514. The highest BCUT2D eigenvalue weighted by atomic mass is 16.5. The van der Waals surface area contributed by atoms with Gasteiger partial charge in [0.2, 0.25) is 0 Å². The first kappa shape index (κ1) is 23.7. The lowest BCUT2D eigenvalue weighted by Crippen LogP contribution is -2.25. The van der Waals surface area contributed by atoms with Gasteiger partial charge >= 0.3 is 0 Å². The molecule has 0 bridgehead atoms. The van der Waals surface area contributed by atoms with E-state index in [0.717, 1.165) is 41.8 Å². The van der Waals surface area contributed by atoms with Crippen molar-refractivity contribution in [1.82, 2.24) is 10.5 Å². The van der Waals surface area contributed by atoms with Crippen LogP contribution in [0.3, 0.4) is 0 Å². The van der Waals surface area contributed by atoms with Crippen molar-refractivity contribution < 1.29 is 18.8 Å². The molecular formula is C27H33N3O4. The number of hydrogen-bond donors (Lipinski definition) is 1. The van der Waals surface area contributed by atoms with E-state index in [1.165, 1.54) is 11.3 Å². The molecule has 1 aromatic heterocycles. The van der Waals surface area contributed by atoms with Gasteiger partial charge in [0, 0.05) is 31.9 Å². The number of ether oxygens (including phenoxy) is 2. The van der Waals surface area contributed by atoms with Crippen LogP contribution in [-0.4, -0.2) is 45.4 Å². The molecule has 0 atom stereocenters. The predicted molar refractivity (Wildman–Crippen MR) is 134 cm³/mol. The Morgan fingerprint density at radius 1 is 1.18 bits per heavy atom. The maximum atomic E-state index is 13.0. The summed E-state index contributed by atoms with van der Waals surface area (Å²) in [7, 11) is 5.37. The fraction of sp³-hybridized carbons (Fsp3) is 0.407. The number of benzene rings is 2. The zero-order chi connectivity index (χ0) is 24.4. The second-order valence-corrected chi connectivity index (χ2v) is 8.91. The Morgan fingerprint density at radius 3 is 2.62 bits per heavy atom. The number of aryl methyl sites for hydroxylation is 1. The summed E-state index contributed by atoms with van der Waals surface area (Å²) >= 11 is 0. The Hall–Kier alpha value is -3.48. The molecule has 0 unspecified atom stereocenters. The van der Waals surface area contributed by atoms with Crippen LogP contribution in [0.15, 0.2) is 34.9 Å². The lowest BCUT2D eigenvalue weighted by atomic mass is 9.92. The van der Waals surface area contributed by atoms with Crippen LogP contribution in [0.1, 0.15) is 54.7 Å². The predicted octanol–water partition coefficient (Wildman–Crippen LogP) is 5.28. The van der Waals surface area contributed by atoms with Crippen molar-refractivity contribution in [3.8, 4) is 33.9 Å². The van der Waals surface area contributed by atoms with E-state index in [2.05, 4.69) is 48.4 Å². The minimum atomic E-state index is -0.265. The number of nitrogens with zero attached hydrogens (tertiary/aromatic N) is 2. The molecule has 0 saturated carbocycles. The Kier molecular flexibility index (Phi) is 6.82. The van der Waals surface area contributed by atoms with Gasteiger partial charge in [-0.15, -0.1) is 0 Å². The number of carbonyl (C=O) groups excluding carboxylic acids is 1. The highest BCUT2D eigenvalue weighted by Crippen LogP contribution is 2.44. The smallest absolute Gasteiger partial charge is 0.274 e. The third-order valence-electron chi connectivity index (χ3n) is 6.38. The van der Waals surface area contributed by atoms with Crippen molar-refractivity contribution in [2.24, 2.45) is 0 Å². The highest BCUT2D eigenvalue weighted by molar-refractivity contribution is 6.02. The topological polar surface area (TPSA) is 76.8 Å². The number of fused-ring (bicyclic) bond motifs is 1. The van der Waals surface area contributed by atoms with Crippen molar-refractivity contribution in [2.45, 2.75) is 39.5 Å². The van der Waals surface area contributed by atoms with E-state index in [1.54, 1.807) is 14.2 Å². The molecule has 1 amide bonds. The summed E-state index contributed by atoms with van der Waals surface area (Å²) in [5.74, 6) is 1.80. The molecule has 1 aliphatic heterocycles. The van der Waals surface area contributed by atoms with Gasteiger partial charge in [0.05, 0.1) is 25.3 Å². The number of amides is 1. The summed E-state index contributed by atoms with van der Waals surface area (Å²) < 4.78 is 17.2. The van der Waals surface area contributed by atoms with Crippen molar-refractivity contribution in [2.75, 3.05) is 39.3 Å². The number of nitrogens with one attached hydrogen (secondary N) is 1. The van der Waals surface area contributed by atoms with Crippen LogP contribution >= 0.6 is 0 Å². The monoisotopic (exact) mass is 463 g/mol. The summed E-state index contributed by atoms with van der Waals surface area (Å²) in [5.41, 5.74) is 6.06. The van der Waals surface area contributed by atoms with Crippen LogP contribution in [0.5, 0.6) is 11.5 Å². The summed E-state index contributed by atoms with van der Waals surface area (Å²) in [5, 5.41) is 7.08. The average molecular weight is 464 g/mol. The molecular weight excluding hydrogens is 430 g/mol. The second-order valence-electron chi connectivity index (χ2n) is 8.91. The van der Waals surface area contributed by atoms with Crippen LogP contribution in [0.25, 0.3) is 22.5 Å². The fourth-order valence-corrected chi connectivity index (χ4v) is 4.63. The molecule has 0 aliphatic carbocycles. The average Bonchev–Trinajstić information content (AvgIpc) is 3.28. The number of methoxy groups -OCH3 is 2. The fourth-order valence-electron chi connectivity index (χ4n) is 4.63. The van der Waals surface area contributed by atoms with Crippen LogP contribution in [0, 0.1) is 0 Å². The summed E-state index contributed by atoms with van der Waals surface area (Å²) in [6.45, 7) is 7.63. The number of aromatic nitrogens is 1. The molecule has 7 nitrogen and oxygen atoms in total. The van der Waals surface area contributed by atoms with Crippen LogP contribution in [0.4, 0.5) is 5.69 Å². The lowest BCUT2D eigenvalue weighted by Gasteiger charge is -2.27.